The van der Waals surface area contributed by atoms with Gasteiger partial charge in [0.1, 0.15) is 0 Å². The number of nitrogens with zero attached hydrogens (tertiary/aromatic N) is 3. The monoisotopic (exact) mass is 233 g/mol. The van der Waals surface area contributed by atoms with Crippen molar-refractivity contribution < 1.29 is 14.3 Å². The maximum atomic E-state index is 11.4. The third kappa shape index (κ3) is 3.62. The van der Waals surface area contributed by atoms with Gasteiger partial charge in [-0.15, -0.1) is 0 Å². The predicted molar refractivity (Wildman–Crippen MR) is 60.7 cm³/mol. The molecule has 0 bridgehead atoms. The van der Waals surface area contributed by atoms with Crippen LogP contribution in [0.15, 0.2) is 29.4 Å². The molecule has 6 nitrogen and oxygen atoms in total. The molecule has 6 heteroatoms. The Bertz CT molecular complexity index is 461. The van der Waals surface area contributed by atoms with Crippen LogP contribution in [0.25, 0.3) is 10.4 Å². The molecule has 88 valence electrons. The first-order chi connectivity index (χ1) is 8.19. The van der Waals surface area contributed by atoms with Gasteiger partial charge in [0.25, 0.3) is 0 Å². The molecule has 0 aliphatic carbocycles. The van der Waals surface area contributed by atoms with E-state index in [0.717, 1.165) is 0 Å². The zero-order chi connectivity index (χ0) is 12.7. The number of hydrogen-bond donors (Lipinski definition) is 0. The van der Waals surface area contributed by atoms with Gasteiger partial charge in [0, 0.05) is 10.5 Å². The Hall–Kier alpha value is -2.33. The highest BCUT2D eigenvalue weighted by Gasteiger charge is 2.08. The van der Waals surface area contributed by atoms with Gasteiger partial charge in [-0.2, -0.15) is 0 Å². The number of ether oxygens (including phenoxy) is 1. The lowest BCUT2D eigenvalue weighted by molar-refractivity contribution is 0.0526. The minimum atomic E-state index is -0.429. The molecule has 0 unspecified atom stereocenters. The summed E-state index contributed by atoms with van der Waals surface area (Å²) in [5.41, 5.74) is 8.86. The van der Waals surface area contributed by atoms with Gasteiger partial charge in [-0.05, 0) is 24.6 Å². The minimum Gasteiger partial charge on any atom is -0.462 e. The summed E-state index contributed by atoms with van der Waals surface area (Å²) in [5, 5.41) is 3.17. The van der Waals surface area contributed by atoms with E-state index in [1.807, 2.05) is 0 Å². The molecule has 0 atom stereocenters. The summed E-state index contributed by atoms with van der Waals surface area (Å²) < 4.78 is 4.80. The van der Waals surface area contributed by atoms with Crippen LogP contribution >= 0.6 is 0 Å². The topological polar surface area (TPSA) is 92.1 Å². The summed E-state index contributed by atoms with van der Waals surface area (Å²) in [6.45, 7) is 1.79. The van der Waals surface area contributed by atoms with Crippen molar-refractivity contribution in [2.24, 2.45) is 5.11 Å². The molecule has 1 aromatic carbocycles. The molecule has 0 fully saturated rings. The summed E-state index contributed by atoms with van der Waals surface area (Å²) in [6, 6.07) is 6.01. The van der Waals surface area contributed by atoms with Gasteiger partial charge in [-0.3, -0.25) is 4.79 Å². The summed E-state index contributed by atoms with van der Waals surface area (Å²) in [6.07, 6.45) is 0. The van der Waals surface area contributed by atoms with E-state index >= 15 is 0 Å². The fraction of sp³-hybridized carbons (Fsp3) is 0.273. The van der Waals surface area contributed by atoms with Gasteiger partial charge in [-0.1, -0.05) is 17.2 Å². The fourth-order valence-corrected chi connectivity index (χ4v) is 1.19. The van der Waals surface area contributed by atoms with E-state index in [4.69, 9.17) is 10.3 Å². The van der Waals surface area contributed by atoms with E-state index in [1.165, 1.54) is 24.3 Å². The maximum Gasteiger partial charge on any atom is 0.338 e. The van der Waals surface area contributed by atoms with Gasteiger partial charge < -0.3 is 4.74 Å². The second-order valence-corrected chi connectivity index (χ2v) is 3.11. The van der Waals surface area contributed by atoms with Gasteiger partial charge in [-0.25, -0.2) is 4.79 Å². The smallest absolute Gasteiger partial charge is 0.338 e. The average molecular weight is 233 g/mol. The van der Waals surface area contributed by atoms with Crippen molar-refractivity contribution >= 4 is 11.8 Å². The number of esters is 1. The molecular weight excluding hydrogens is 222 g/mol. The molecule has 0 N–H and O–H groups in total. The highest BCUT2D eigenvalue weighted by molar-refractivity contribution is 5.98. The molecule has 0 saturated carbocycles. The predicted octanol–water partition coefficient (Wildman–Crippen LogP) is 2.36. The van der Waals surface area contributed by atoms with Crippen LogP contribution in [0, 0.1) is 0 Å². The van der Waals surface area contributed by atoms with Crippen LogP contribution < -0.4 is 0 Å². The minimum absolute atomic E-state index is 0.227. The number of benzene rings is 1. The number of hydrogen-bond acceptors (Lipinski definition) is 4. The van der Waals surface area contributed by atoms with Crippen molar-refractivity contribution in [3.8, 4) is 0 Å². The first-order valence-corrected chi connectivity index (χ1v) is 5.00. The van der Waals surface area contributed by atoms with Crippen molar-refractivity contribution in [2.45, 2.75) is 6.92 Å². The van der Waals surface area contributed by atoms with E-state index in [9.17, 15) is 9.59 Å². The lowest BCUT2D eigenvalue weighted by atomic mass is 10.1. The fourth-order valence-electron chi connectivity index (χ4n) is 1.19. The van der Waals surface area contributed by atoms with Crippen molar-refractivity contribution in [1.82, 2.24) is 0 Å². The van der Waals surface area contributed by atoms with Crippen LogP contribution in [0.1, 0.15) is 27.6 Å². The molecule has 1 rings (SSSR count). The number of carbonyl (C=O) groups excluding carboxylic acids is 2. The summed E-state index contributed by atoms with van der Waals surface area (Å²) in [5.74, 6) is -0.722. The van der Waals surface area contributed by atoms with Crippen LogP contribution in [0.4, 0.5) is 0 Å². The second-order valence-electron chi connectivity index (χ2n) is 3.11. The van der Waals surface area contributed by atoms with Crippen molar-refractivity contribution in [1.29, 1.82) is 0 Å². The zero-order valence-electron chi connectivity index (χ0n) is 9.29. The van der Waals surface area contributed by atoms with Crippen LogP contribution in [0.5, 0.6) is 0 Å². The third-order valence-electron chi connectivity index (χ3n) is 2.00. The first-order valence-electron chi connectivity index (χ1n) is 5.00. The molecule has 0 heterocycles. The highest BCUT2D eigenvalue weighted by atomic mass is 16.5. The van der Waals surface area contributed by atoms with E-state index in [-0.39, 0.29) is 12.3 Å². The van der Waals surface area contributed by atoms with Crippen molar-refractivity contribution in [2.75, 3.05) is 13.2 Å². The Kier molecular flexibility index (Phi) is 4.72. The maximum absolute atomic E-state index is 11.4. The number of azide groups is 1. The van der Waals surface area contributed by atoms with Gasteiger partial charge in [0.2, 0.25) is 0 Å². The normalized spacial score (nSPS) is 9.24. The molecular formula is C11H11N3O3. The van der Waals surface area contributed by atoms with Crippen LogP contribution in [-0.4, -0.2) is 24.9 Å². The van der Waals surface area contributed by atoms with E-state index in [0.29, 0.717) is 17.7 Å². The van der Waals surface area contributed by atoms with Crippen LogP contribution in [0.3, 0.4) is 0 Å². The lowest BCUT2D eigenvalue weighted by Crippen LogP contribution is -2.06. The van der Waals surface area contributed by atoms with Gasteiger partial charge >= 0.3 is 5.97 Å². The summed E-state index contributed by atoms with van der Waals surface area (Å²) in [7, 11) is 0. The number of carbonyl (C=O) groups is 2. The summed E-state index contributed by atoms with van der Waals surface area (Å²) in [4.78, 5) is 25.3. The number of rotatable bonds is 5. The molecule has 0 aromatic heterocycles. The Morgan fingerprint density at radius 2 is 1.88 bits per heavy atom. The Balaban J connectivity index is 2.77. The van der Waals surface area contributed by atoms with E-state index < -0.39 is 5.97 Å². The van der Waals surface area contributed by atoms with E-state index in [2.05, 4.69) is 10.0 Å². The molecule has 0 radical (unpaired) electrons. The van der Waals surface area contributed by atoms with Crippen LogP contribution in [-0.2, 0) is 4.74 Å². The first kappa shape index (κ1) is 12.7. The van der Waals surface area contributed by atoms with Gasteiger partial charge in [0.05, 0.1) is 18.7 Å². The zero-order valence-corrected chi connectivity index (χ0v) is 9.29. The summed E-state index contributed by atoms with van der Waals surface area (Å²) >= 11 is 0. The van der Waals surface area contributed by atoms with Crippen molar-refractivity contribution in [3.05, 3.63) is 45.8 Å². The average Bonchev–Trinajstić information content (AvgIpc) is 2.36. The SMILES string of the molecule is CCOC(=O)c1ccc(C(=O)CN=[N+]=[N-])cc1. The Morgan fingerprint density at radius 3 is 2.41 bits per heavy atom. The molecule has 1 aromatic rings. The Labute approximate surface area is 97.8 Å². The molecule has 0 aliphatic heterocycles. The standard InChI is InChI=1S/C11H11N3O3/c1-2-17-11(16)9-5-3-8(4-6-9)10(15)7-13-14-12/h3-6H,2,7H2,1H3. The Morgan fingerprint density at radius 1 is 1.29 bits per heavy atom. The molecule has 0 amide bonds. The molecule has 0 aliphatic rings. The molecule has 17 heavy (non-hydrogen) atoms. The third-order valence-corrected chi connectivity index (χ3v) is 2.00. The number of Topliss-reactive ketones (excluding diaryl/α,β-unsaturated/α-hetero) is 1. The largest absolute Gasteiger partial charge is 0.462 e. The molecule has 0 spiro atoms. The lowest BCUT2D eigenvalue weighted by Gasteiger charge is -2.02. The highest BCUT2D eigenvalue weighted by Crippen LogP contribution is 2.07. The number of ketones is 1. The molecule has 0 saturated heterocycles. The quantitative estimate of drug-likeness (QED) is 0.257. The van der Waals surface area contributed by atoms with E-state index in [1.54, 1.807) is 6.92 Å². The van der Waals surface area contributed by atoms with Gasteiger partial charge in [0.15, 0.2) is 5.78 Å². The second kappa shape index (κ2) is 6.30. The van der Waals surface area contributed by atoms with Crippen LogP contribution in [0.2, 0.25) is 0 Å². The van der Waals surface area contributed by atoms with Crippen molar-refractivity contribution in [3.63, 3.8) is 0 Å².